The lowest BCUT2D eigenvalue weighted by atomic mass is 10.1. The van der Waals surface area contributed by atoms with E-state index < -0.39 is 5.95 Å². The summed E-state index contributed by atoms with van der Waals surface area (Å²) in [5, 5.41) is 0. The van der Waals surface area contributed by atoms with Gasteiger partial charge in [-0.15, -0.1) is 0 Å². The van der Waals surface area contributed by atoms with Crippen molar-refractivity contribution >= 4 is 11.7 Å². The Morgan fingerprint density at radius 1 is 1.13 bits per heavy atom. The van der Waals surface area contributed by atoms with Gasteiger partial charge in [0.1, 0.15) is 11.6 Å². The molecule has 6 heteroatoms. The highest BCUT2D eigenvalue weighted by molar-refractivity contribution is 5.94. The van der Waals surface area contributed by atoms with Gasteiger partial charge in [-0.3, -0.25) is 4.79 Å². The lowest BCUT2D eigenvalue weighted by Gasteiger charge is -2.35. The molecule has 1 aliphatic heterocycles. The summed E-state index contributed by atoms with van der Waals surface area (Å²) < 4.78 is 18.4. The first-order valence-electron chi connectivity index (χ1n) is 7.48. The van der Waals surface area contributed by atoms with Gasteiger partial charge in [-0.25, -0.2) is 4.98 Å². The minimum Gasteiger partial charge on any atom is -0.497 e. The van der Waals surface area contributed by atoms with Crippen LogP contribution >= 0.6 is 0 Å². The van der Waals surface area contributed by atoms with Crippen LogP contribution in [0.25, 0.3) is 0 Å². The fourth-order valence-corrected chi connectivity index (χ4v) is 2.65. The van der Waals surface area contributed by atoms with Crippen molar-refractivity contribution in [3.05, 3.63) is 54.0 Å². The van der Waals surface area contributed by atoms with Gasteiger partial charge in [0.05, 0.1) is 7.11 Å². The number of rotatable bonds is 3. The number of ether oxygens (including phenoxy) is 1. The third-order valence-corrected chi connectivity index (χ3v) is 3.91. The van der Waals surface area contributed by atoms with Crippen LogP contribution in [0.3, 0.4) is 0 Å². The van der Waals surface area contributed by atoms with Gasteiger partial charge in [0.2, 0.25) is 5.95 Å². The van der Waals surface area contributed by atoms with Crippen LogP contribution in [0.4, 0.5) is 10.2 Å². The molecule has 0 aliphatic carbocycles. The minimum atomic E-state index is -0.489. The van der Waals surface area contributed by atoms with E-state index in [-0.39, 0.29) is 5.91 Å². The molecule has 0 N–H and O–H groups in total. The van der Waals surface area contributed by atoms with Crippen LogP contribution in [0, 0.1) is 5.95 Å². The van der Waals surface area contributed by atoms with E-state index in [0.717, 1.165) is 0 Å². The number of benzene rings is 1. The third-order valence-electron chi connectivity index (χ3n) is 3.91. The molecular weight excluding hydrogens is 297 g/mol. The van der Waals surface area contributed by atoms with Gasteiger partial charge < -0.3 is 14.5 Å². The summed E-state index contributed by atoms with van der Waals surface area (Å²) in [4.78, 5) is 20.2. The Bertz CT molecular complexity index is 700. The third kappa shape index (κ3) is 3.41. The molecule has 3 rings (SSSR count). The molecule has 1 amide bonds. The van der Waals surface area contributed by atoms with Gasteiger partial charge in [0.25, 0.3) is 5.91 Å². The molecule has 1 aromatic heterocycles. The summed E-state index contributed by atoms with van der Waals surface area (Å²) in [6.07, 6.45) is 0. The van der Waals surface area contributed by atoms with Crippen LogP contribution < -0.4 is 9.64 Å². The summed E-state index contributed by atoms with van der Waals surface area (Å²) in [5.41, 5.74) is 0.613. The highest BCUT2D eigenvalue weighted by Gasteiger charge is 2.23. The average molecular weight is 315 g/mol. The number of anilines is 1. The molecule has 0 bridgehead atoms. The van der Waals surface area contributed by atoms with E-state index in [1.807, 2.05) is 11.0 Å². The maximum atomic E-state index is 13.2. The summed E-state index contributed by atoms with van der Waals surface area (Å²) in [5.74, 6) is 0.769. The first kappa shape index (κ1) is 15.3. The molecule has 120 valence electrons. The normalized spacial score (nSPS) is 14.7. The molecule has 1 fully saturated rings. The topological polar surface area (TPSA) is 45.7 Å². The zero-order valence-corrected chi connectivity index (χ0v) is 12.9. The number of piperazine rings is 1. The molecule has 0 saturated carbocycles. The second-order valence-electron chi connectivity index (χ2n) is 5.33. The predicted molar refractivity (Wildman–Crippen MR) is 85.3 cm³/mol. The highest BCUT2D eigenvalue weighted by Crippen LogP contribution is 2.17. The molecule has 1 aliphatic rings. The van der Waals surface area contributed by atoms with Crippen molar-refractivity contribution in [1.29, 1.82) is 0 Å². The number of hydrogen-bond acceptors (Lipinski definition) is 4. The average Bonchev–Trinajstić information content (AvgIpc) is 2.61. The van der Waals surface area contributed by atoms with Crippen LogP contribution in [-0.2, 0) is 0 Å². The molecule has 0 atom stereocenters. The van der Waals surface area contributed by atoms with Crippen molar-refractivity contribution in [3.8, 4) is 5.75 Å². The van der Waals surface area contributed by atoms with Crippen LogP contribution in [-0.4, -0.2) is 49.1 Å². The Kier molecular flexibility index (Phi) is 4.41. The number of amides is 1. The maximum absolute atomic E-state index is 13.2. The van der Waals surface area contributed by atoms with E-state index in [4.69, 9.17) is 4.74 Å². The standard InChI is InChI=1S/C17H18FN3O2/c1-23-14-5-2-4-13(12-14)17(22)21-10-8-20(9-11-21)16-7-3-6-15(18)19-16/h2-7,12H,8-11H2,1H3. The minimum absolute atomic E-state index is 0.0178. The van der Waals surface area contributed by atoms with E-state index in [1.54, 1.807) is 42.3 Å². The Hall–Kier alpha value is -2.63. The van der Waals surface area contributed by atoms with Crippen molar-refractivity contribution in [2.75, 3.05) is 38.2 Å². The second kappa shape index (κ2) is 6.64. The smallest absolute Gasteiger partial charge is 0.254 e. The Labute approximate surface area is 134 Å². The first-order valence-corrected chi connectivity index (χ1v) is 7.48. The molecule has 0 spiro atoms. The Balaban J connectivity index is 1.65. The molecule has 1 aromatic carbocycles. The number of carbonyl (C=O) groups excluding carboxylic acids is 1. The van der Waals surface area contributed by atoms with Gasteiger partial charge in [0, 0.05) is 31.7 Å². The van der Waals surface area contributed by atoms with Gasteiger partial charge in [-0.1, -0.05) is 12.1 Å². The van der Waals surface area contributed by atoms with Gasteiger partial charge >= 0.3 is 0 Å². The predicted octanol–water partition coefficient (Wildman–Crippen LogP) is 2.19. The van der Waals surface area contributed by atoms with Gasteiger partial charge in [-0.2, -0.15) is 4.39 Å². The van der Waals surface area contributed by atoms with Crippen molar-refractivity contribution in [3.63, 3.8) is 0 Å². The Morgan fingerprint density at radius 2 is 1.87 bits per heavy atom. The zero-order chi connectivity index (χ0) is 16.2. The van der Waals surface area contributed by atoms with E-state index >= 15 is 0 Å². The zero-order valence-electron chi connectivity index (χ0n) is 12.9. The van der Waals surface area contributed by atoms with Crippen LogP contribution in [0.1, 0.15) is 10.4 Å². The molecule has 23 heavy (non-hydrogen) atoms. The lowest BCUT2D eigenvalue weighted by Crippen LogP contribution is -2.49. The fourth-order valence-electron chi connectivity index (χ4n) is 2.65. The number of hydrogen-bond donors (Lipinski definition) is 0. The molecule has 2 heterocycles. The summed E-state index contributed by atoms with van der Waals surface area (Å²) >= 11 is 0. The maximum Gasteiger partial charge on any atom is 0.254 e. The lowest BCUT2D eigenvalue weighted by molar-refractivity contribution is 0.0746. The summed E-state index contributed by atoms with van der Waals surface area (Å²) in [6, 6.07) is 11.9. The molecule has 5 nitrogen and oxygen atoms in total. The van der Waals surface area contributed by atoms with Crippen molar-refractivity contribution in [1.82, 2.24) is 9.88 Å². The van der Waals surface area contributed by atoms with E-state index in [1.165, 1.54) is 6.07 Å². The van der Waals surface area contributed by atoms with E-state index in [9.17, 15) is 9.18 Å². The molecule has 0 unspecified atom stereocenters. The van der Waals surface area contributed by atoms with E-state index in [2.05, 4.69) is 4.98 Å². The highest BCUT2D eigenvalue weighted by atomic mass is 19.1. The monoisotopic (exact) mass is 315 g/mol. The van der Waals surface area contributed by atoms with Gasteiger partial charge in [-0.05, 0) is 30.3 Å². The first-order chi connectivity index (χ1) is 11.2. The number of nitrogens with zero attached hydrogens (tertiary/aromatic N) is 3. The fraction of sp³-hybridized carbons (Fsp3) is 0.294. The van der Waals surface area contributed by atoms with Crippen LogP contribution in [0.15, 0.2) is 42.5 Å². The van der Waals surface area contributed by atoms with Crippen LogP contribution in [0.2, 0.25) is 0 Å². The second-order valence-corrected chi connectivity index (χ2v) is 5.33. The molecule has 2 aromatic rings. The van der Waals surface area contributed by atoms with Crippen LogP contribution in [0.5, 0.6) is 5.75 Å². The van der Waals surface area contributed by atoms with E-state index in [0.29, 0.717) is 43.3 Å². The number of aromatic nitrogens is 1. The quantitative estimate of drug-likeness (QED) is 0.815. The number of methoxy groups -OCH3 is 1. The SMILES string of the molecule is COc1cccc(C(=O)N2CCN(c3cccc(F)n3)CC2)c1. The molecular formula is C17H18FN3O2. The van der Waals surface area contributed by atoms with Crippen molar-refractivity contribution in [2.45, 2.75) is 0 Å². The summed E-state index contributed by atoms with van der Waals surface area (Å²) in [6.45, 7) is 2.42. The number of halogens is 1. The molecule has 1 saturated heterocycles. The summed E-state index contributed by atoms with van der Waals surface area (Å²) in [7, 11) is 1.58. The molecule has 0 radical (unpaired) electrons. The van der Waals surface area contributed by atoms with Gasteiger partial charge in [0.15, 0.2) is 0 Å². The largest absolute Gasteiger partial charge is 0.497 e. The van der Waals surface area contributed by atoms with Crippen molar-refractivity contribution < 1.29 is 13.9 Å². The number of pyridine rings is 1. The Morgan fingerprint density at radius 3 is 2.57 bits per heavy atom. The van der Waals surface area contributed by atoms with Crippen molar-refractivity contribution in [2.24, 2.45) is 0 Å². The number of carbonyl (C=O) groups is 1.